The third-order valence-electron chi connectivity index (χ3n) is 15.3. The van der Waals surface area contributed by atoms with Crippen molar-refractivity contribution < 1.29 is 42.3 Å². The van der Waals surface area contributed by atoms with Crippen LogP contribution in [0, 0.1) is 11.3 Å². The molecule has 0 bridgehead atoms. The van der Waals surface area contributed by atoms with Gasteiger partial charge >= 0.3 is 0 Å². The maximum Gasteiger partial charge on any atom is 0.246 e. The van der Waals surface area contributed by atoms with E-state index in [0.717, 1.165) is 90.6 Å². The number of nitrogens with one attached hydrogen (secondary N) is 7. The van der Waals surface area contributed by atoms with E-state index in [-0.39, 0.29) is 73.0 Å². The molecule has 4 heterocycles. The van der Waals surface area contributed by atoms with Gasteiger partial charge in [-0.3, -0.25) is 34.1 Å². The highest BCUT2D eigenvalue weighted by Gasteiger charge is 2.44. The maximum atomic E-state index is 14.1. The number of aliphatic hydroxyl groups excluding tert-OH is 1. The monoisotopic (exact) mass is 1150 g/mol. The molecule has 21 heteroatoms. The van der Waals surface area contributed by atoms with Gasteiger partial charge in [0.25, 0.3) is 0 Å². The van der Waals surface area contributed by atoms with E-state index in [9.17, 15) is 42.3 Å². The lowest BCUT2D eigenvalue weighted by molar-refractivity contribution is -0.144. The lowest BCUT2D eigenvalue weighted by atomic mass is 9.85. The predicted molar refractivity (Wildman–Crippen MR) is 311 cm³/mol. The summed E-state index contributed by atoms with van der Waals surface area (Å²) in [5.74, 6) is -0.349. The van der Waals surface area contributed by atoms with E-state index < -0.39 is 39.5 Å². The third kappa shape index (κ3) is 18.5. The van der Waals surface area contributed by atoms with E-state index in [1.807, 2.05) is 68.9 Å². The van der Waals surface area contributed by atoms with Crippen molar-refractivity contribution in [1.82, 2.24) is 46.4 Å². The Morgan fingerprint density at radius 3 is 2.06 bits per heavy atom. The van der Waals surface area contributed by atoms with Crippen LogP contribution < -0.4 is 37.2 Å². The number of likely N-dealkylation sites (tertiary alicyclic amines) is 1. The Balaban J connectivity index is 0.731. The molecule has 0 saturated carbocycles. The van der Waals surface area contributed by atoms with Gasteiger partial charge in [0.1, 0.15) is 17.6 Å². The molecule has 5 unspecified atom stereocenters. The smallest absolute Gasteiger partial charge is 0.246 e. The second-order valence-electron chi connectivity index (χ2n) is 22.7. The molecule has 0 radical (unpaired) electrons. The zero-order valence-corrected chi connectivity index (χ0v) is 49.0. The first-order valence-corrected chi connectivity index (χ1v) is 32.0. The summed E-state index contributed by atoms with van der Waals surface area (Å²) in [4.78, 5) is 80.3. The van der Waals surface area contributed by atoms with E-state index in [0.29, 0.717) is 56.6 Å². The van der Waals surface area contributed by atoms with Gasteiger partial charge in [0, 0.05) is 80.9 Å². The van der Waals surface area contributed by atoms with Crippen molar-refractivity contribution >= 4 is 69.0 Å². The molecule has 18 nitrogen and oxygen atoms in total. The number of β-amino-alcohol motifs (C(OH)–C–C–N with tert-alkyl or cyclic N) is 1. The Morgan fingerprint density at radius 2 is 1.41 bits per heavy atom. The van der Waals surface area contributed by atoms with Crippen LogP contribution in [0.15, 0.2) is 72.8 Å². The van der Waals surface area contributed by atoms with Crippen molar-refractivity contribution in [2.45, 2.75) is 159 Å². The maximum absolute atomic E-state index is 14.1. The third-order valence-corrected chi connectivity index (χ3v) is 19.0. The fourth-order valence-electron chi connectivity index (χ4n) is 10.6. The van der Waals surface area contributed by atoms with E-state index in [1.165, 1.54) is 14.8 Å². The molecule has 8 atom stereocenters. The van der Waals surface area contributed by atoms with Crippen molar-refractivity contribution in [1.29, 1.82) is 0 Å². The Bertz CT molecular complexity index is 2690. The second kappa shape index (κ2) is 29.1. The number of hydrogen-bond donors (Lipinski definition) is 8. The van der Waals surface area contributed by atoms with Crippen LogP contribution in [0.4, 0.5) is 0 Å². The summed E-state index contributed by atoms with van der Waals surface area (Å²) in [5, 5.41) is 32.5. The first kappa shape index (κ1) is 61.6. The van der Waals surface area contributed by atoms with Crippen LogP contribution in [0.2, 0.25) is 0 Å². The van der Waals surface area contributed by atoms with Crippen molar-refractivity contribution in [3.8, 4) is 11.1 Å². The average molecular weight is 1150 g/mol. The van der Waals surface area contributed by atoms with E-state index >= 15 is 0 Å². The minimum absolute atomic E-state index is 0.00766. The van der Waals surface area contributed by atoms with Crippen LogP contribution in [-0.4, -0.2) is 132 Å². The molecule has 6 amide bonds. The van der Waals surface area contributed by atoms with E-state index in [2.05, 4.69) is 80.5 Å². The molecule has 7 rings (SSSR count). The molecule has 4 aliphatic heterocycles. The number of unbranched alkanes of at least 4 members (excludes halogenated alkanes) is 7. The Hall–Kier alpha value is -5.03. The Labute approximate surface area is 475 Å². The van der Waals surface area contributed by atoms with Crippen LogP contribution in [0.3, 0.4) is 0 Å². The summed E-state index contributed by atoms with van der Waals surface area (Å²) in [5.41, 5.74) is 5.37. The minimum Gasteiger partial charge on any atom is -0.391 e. The standard InChI is InChI=1S/C58H83N9O9S3/c1-38-52(78-37-62-38)41-24-22-39(23-25-41)31-60-55(73)48-30-46(68)35-67(48)56(74)53(58(2,3)4)64-50(70)21-13-11-9-7-6-8-10-12-20-49(69)59-32-40-16-14-17-42(28-40)43-18-15-19-44(29-43)47-36-77-57(63-47)65-51(71)33-61-54(72)45-26-27-66(34-45)79(5,75)76/h14-19,22-25,28-29,38,45-48,52-53,57,62-63,68H,6-13,20-21,26-27,30-37H2,1-5H3,(H,59,69)(H,60,73)(H,61,72)(H,64,70)(H,65,71)/t38?,45?,46-,47?,48+,52?,53-,57?/m1/s1. The predicted octanol–water partition coefficient (Wildman–Crippen LogP) is 5.58. The van der Waals surface area contributed by atoms with Gasteiger partial charge in [-0.05, 0) is 77.1 Å². The normalized spacial score (nSPS) is 22.8. The van der Waals surface area contributed by atoms with Crippen LogP contribution in [0.1, 0.15) is 138 Å². The molecule has 432 valence electrons. The number of benzene rings is 3. The summed E-state index contributed by atoms with van der Waals surface area (Å²) < 4.78 is 24.9. The van der Waals surface area contributed by atoms with E-state index in [1.54, 1.807) is 11.8 Å². The quantitative estimate of drug-likeness (QED) is 0.0459. The molecule has 0 aromatic heterocycles. The summed E-state index contributed by atoms with van der Waals surface area (Å²) in [6.07, 6.45) is 9.06. The topological polar surface area (TPSA) is 247 Å². The van der Waals surface area contributed by atoms with Gasteiger partial charge in [0.05, 0.1) is 24.8 Å². The summed E-state index contributed by atoms with van der Waals surface area (Å²) >= 11 is 3.45. The number of nitrogens with zero attached hydrogens (tertiary/aromatic N) is 2. The Morgan fingerprint density at radius 1 is 0.747 bits per heavy atom. The number of carbonyl (C=O) groups is 6. The summed E-state index contributed by atoms with van der Waals surface area (Å²) in [6.45, 7) is 8.84. The largest absolute Gasteiger partial charge is 0.391 e. The number of sulfonamides is 1. The van der Waals surface area contributed by atoms with Crippen molar-refractivity contribution in [2.75, 3.05) is 44.1 Å². The number of carbonyl (C=O) groups excluding carboxylic acids is 6. The fraction of sp³-hybridized carbons (Fsp3) is 0.586. The average Bonchev–Trinajstić information content (AvgIpc) is 4.30. The number of hydrogen-bond acceptors (Lipinski definition) is 13. The van der Waals surface area contributed by atoms with Crippen molar-refractivity contribution in [3.63, 3.8) is 0 Å². The first-order chi connectivity index (χ1) is 37.7. The van der Waals surface area contributed by atoms with Crippen molar-refractivity contribution in [2.24, 2.45) is 11.3 Å². The van der Waals surface area contributed by atoms with Gasteiger partial charge in [0.2, 0.25) is 45.5 Å². The molecule has 4 fully saturated rings. The van der Waals surface area contributed by atoms with Crippen LogP contribution in [0.5, 0.6) is 0 Å². The molecule has 3 aromatic carbocycles. The highest BCUT2D eigenvalue weighted by molar-refractivity contribution is 8.00. The summed E-state index contributed by atoms with van der Waals surface area (Å²) in [6, 6.07) is 23.3. The molecule has 4 aliphatic rings. The lowest BCUT2D eigenvalue weighted by Crippen LogP contribution is -2.57. The zero-order chi connectivity index (χ0) is 56.7. The van der Waals surface area contributed by atoms with Crippen molar-refractivity contribution in [3.05, 3.63) is 95.1 Å². The van der Waals surface area contributed by atoms with Gasteiger partial charge in [-0.25, -0.2) is 12.7 Å². The zero-order valence-electron chi connectivity index (χ0n) is 46.5. The van der Waals surface area contributed by atoms with Gasteiger partial charge < -0.3 is 41.9 Å². The lowest BCUT2D eigenvalue weighted by Gasteiger charge is -2.35. The molecule has 4 saturated heterocycles. The molecule has 0 spiro atoms. The van der Waals surface area contributed by atoms with Crippen LogP contribution in [-0.2, 0) is 51.9 Å². The summed E-state index contributed by atoms with van der Waals surface area (Å²) in [7, 11) is -3.36. The second-order valence-corrected chi connectivity index (χ2v) is 27.0. The van der Waals surface area contributed by atoms with Gasteiger partial charge in [0.15, 0.2) is 0 Å². The number of amides is 6. The molecular weight excluding hydrogens is 1060 g/mol. The van der Waals surface area contributed by atoms with Crippen LogP contribution in [0.25, 0.3) is 11.1 Å². The van der Waals surface area contributed by atoms with Gasteiger partial charge in [-0.2, -0.15) is 0 Å². The fourth-order valence-corrected chi connectivity index (χ4v) is 13.9. The molecular formula is C58H83N9O9S3. The van der Waals surface area contributed by atoms with Gasteiger partial charge in [-0.15, -0.1) is 23.5 Å². The van der Waals surface area contributed by atoms with Gasteiger partial charge in [-0.1, -0.05) is 120 Å². The highest BCUT2D eigenvalue weighted by atomic mass is 32.2. The number of aliphatic hydroxyl groups is 1. The number of rotatable bonds is 26. The molecule has 3 aromatic rings. The SMILES string of the molecule is CC1NCSC1c1ccc(CNC(=O)[C@@H]2C[C@@H](O)CN2C(=O)[C@@H](NC(=O)CCCCCCCCCCC(=O)NCc2cccc(-c3cccc(C4CSC(NC(=O)CNC(=O)C5CCN(S(C)(=O)=O)C5)N4)c3)c2)C(C)(C)C)cc1. The molecule has 79 heavy (non-hydrogen) atoms. The minimum atomic E-state index is -3.36. The first-order valence-electron chi connectivity index (χ1n) is 28.1. The highest BCUT2D eigenvalue weighted by Crippen LogP contribution is 2.36. The number of thioether (sulfide) groups is 2. The molecule has 0 aliphatic carbocycles. The Kier molecular flexibility index (Phi) is 22.7. The molecule has 8 N–H and O–H groups in total. The van der Waals surface area contributed by atoms with E-state index in [4.69, 9.17) is 0 Å². The van der Waals surface area contributed by atoms with Crippen LogP contribution >= 0.6 is 23.5 Å².